The van der Waals surface area contributed by atoms with Gasteiger partial charge in [-0.15, -0.1) is 0 Å². The number of halogens is 2. The molecule has 7 nitrogen and oxygen atoms in total. The number of esters is 1. The van der Waals surface area contributed by atoms with Gasteiger partial charge in [-0.1, -0.05) is 19.9 Å². The minimum atomic E-state index is -1.08. The maximum Gasteiger partial charge on any atom is 0.328 e. The Hall–Kier alpha value is -3.23. The summed E-state index contributed by atoms with van der Waals surface area (Å²) in [6.07, 6.45) is 0.526. The van der Waals surface area contributed by atoms with Crippen molar-refractivity contribution in [3.8, 4) is 11.5 Å². The second-order valence-corrected chi connectivity index (χ2v) is 7.48. The lowest BCUT2D eigenvalue weighted by molar-refractivity contribution is -0.151. The van der Waals surface area contributed by atoms with E-state index in [-0.39, 0.29) is 22.9 Å². The number of hydrogen-bond donors (Lipinski definition) is 2. The highest BCUT2D eigenvalue weighted by Crippen LogP contribution is 2.32. The zero-order valence-electron chi connectivity index (χ0n) is 18.0. The molecule has 2 rings (SSSR count). The number of hydrogen-bond acceptors (Lipinski definition) is 6. The van der Waals surface area contributed by atoms with Crippen LogP contribution in [0.15, 0.2) is 30.5 Å². The SMILES string of the molecule is COc1ccnc(C(=O)NC(C)C(=O)OC(C)C(c2ccc(F)cc2F)C(C)C)c1O. The molecular formula is C22H26F2N2O5. The van der Waals surface area contributed by atoms with Crippen LogP contribution in [0, 0.1) is 17.6 Å². The van der Waals surface area contributed by atoms with Crippen LogP contribution in [0.2, 0.25) is 0 Å². The van der Waals surface area contributed by atoms with E-state index in [0.717, 1.165) is 12.1 Å². The van der Waals surface area contributed by atoms with Crippen molar-refractivity contribution in [2.45, 2.75) is 45.8 Å². The van der Waals surface area contributed by atoms with Crippen molar-refractivity contribution in [1.29, 1.82) is 0 Å². The van der Waals surface area contributed by atoms with Crippen molar-refractivity contribution in [3.63, 3.8) is 0 Å². The number of aromatic nitrogens is 1. The second-order valence-electron chi connectivity index (χ2n) is 7.48. The third-order valence-electron chi connectivity index (χ3n) is 4.87. The Morgan fingerprint density at radius 3 is 2.39 bits per heavy atom. The molecule has 2 N–H and O–H groups in total. The fourth-order valence-electron chi connectivity index (χ4n) is 3.38. The van der Waals surface area contributed by atoms with Crippen molar-refractivity contribution in [3.05, 3.63) is 53.4 Å². The molecule has 1 amide bonds. The Morgan fingerprint density at radius 2 is 1.81 bits per heavy atom. The van der Waals surface area contributed by atoms with Crippen LogP contribution in [-0.4, -0.2) is 41.2 Å². The van der Waals surface area contributed by atoms with Gasteiger partial charge in [0.15, 0.2) is 17.2 Å². The standard InChI is InChI=1S/C22H26F2N2O5/c1-11(2)18(15-7-6-14(23)10-16(15)24)13(4)31-22(29)12(3)26-21(28)19-20(27)17(30-5)8-9-25-19/h6-13,18,27H,1-5H3,(H,26,28). The van der Waals surface area contributed by atoms with Crippen LogP contribution >= 0.6 is 0 Å². The number of aromatic hydroxyl groups is 1. The van der Waals surface area contributed by atoms with Gasteiger partial charge in [-0.05, 0) is 31.4 Å². The molecule has 0 saturated heterocycles. The number of amides is 1. The summed E-state index contributed by atoms with van der Waals surface area (Å²) in [6, 6.07) is 3.58. The van der Waals surface area contributed by atoms with Crippen LogP contribution in [0.5, 0.6) is 11.5 Å². The molecule has 0 aliphatic carbocycles. The fraction of sp³-hybridized carbons (Fsp3) is 0.409. The minimum Gasteiger partial charge on any atom is -0.503 e. The van der Waals surface area contributed by atoms with Gasteiger partial charge in [0, 0.05) is 24.2 Å². The molecule has 0 bridgehead atoms. The number of nitrogens with one attached hydrogen (secondary N) is 1. The highest BCUT2D eigenvalue weighted by Gasteiger charge is 2.30. The first-order valence-electron chi connectivity index (χ1n) is 9.75. The summed E-state index contributed by atoms with van der Waals surface area (Å²) >= 11 is 0. The summed E-state index contributed by atoms with van der Waals surface area (Å²) in [4.78, 5) is 28.7. The van der Waals surface area contributed by atoms with E-state index in [0.29, 0.717) is 0 Å². The summed E-state index contributed by atoms with van der Waals surface area (Å²) in [5.41, 5.74) is -0.0700. The van der Waals surface area contributed by atoms with Gasteiger partial charge in [-0.2, -0.15) is 0 Å². The molecule has 0 radical (unpaired) electrons. The summed E-state index contributed by atoms with van der Waals surface area (Å²) in [7, 11) is 1.33. The normalized spacial score (nSPS) is 13.9. The van der Waals surface area contributed by atoms with Crippen molar-refractivity contribution in [2.75, 3.05) is 7.11 Å². The fourth-order valence-corrected chi connectivity index (χ4v) is 3.38. The Bertz CT molecular complexity index is 951. The number of nitrogens with zero attached hydrogens (tertiary/aromatic N) is 1. The summed E-state index contributed by atoms with van der Waals surface area (Å²) < 4.78 is 38.0. The molecule has 31 heavy (non-hydrogen) atoms. The molecule has 168 valence electrons. The molecule has 0 spiro atoms. The van der Waals surface area contributed by atoms with Crippen LogP contribution in [0.3, 0.4) is 0 Å². The van der Waals surface area contributed by atoms with E-state index >= 15 is 0 Å². The van der Waals surface area contributed by atoms with Crippen molar-refractivity contribution in [1.82, 2.24) is 10.3 Å². The van der Waals surface area contributed by atoms with E-state index < -0.39 is 47.3 Å². The van der Waals surface area contributed by atoms with Crippen molar-refractivity contribution in [2.24, 2.45) is 5.92 Å². The number of methoxy groups -OCH3 is 1. The lowest BCUT2D eigenvalue weighted by Gasteiger charge is -2.29. The molecule has 0 fully saturated rings. The molecule has 1 heterocycles. The Kier molecular flexibility index (Phi) is 7.90. The number of pyridine rings is 1. The third kappa shape index (κ3) is 5.68. The maximum atomic E-state index is 14.3. The number of carbonyl (C=O) groups excluding carboxylic acids is 2. The average molecular weight is 436 g/mol. The highest BCUT2D eigenvalue weighted by atomic mass is 19.1. The van der Waals surface area contributed by atoms with Crippen molar-refractivity contribution >= 4 is 11.9 Å². The Labute approximate surface area is 179 Å². The van der Waals surface area contributed by atoms with Gasteiger partial charge in [0.1, 0.15) is 23.8 Å². The van der Waals surface area contributed by atoms with Crippen LogP contribution in [0.1, 0.15) is 49.7 Å². The molecular weight excluding hydrogens is 410 g/mol. The largest absolute Gasteiger partial charge is 0.503 e. The topological polar surface area (TPSA) is 97.8 Å². The Balaban J connectivity index is 2.11. The zero-order chi connectivity index (χ0) is 23.3. The van der Waals surface area contributed by atoms with Gasteiger partial charge in [0.05, 0.1) is 7.11 Å². The van der Waals surface area contributed by atoms with Gasteiger partial charge in [-0.3, -0.25) is 4.79 Å². The van der Waals surface area contributed by atoms with E-state index in [9.17, 15) is 23.5 Å². The van der Waals surface area contributed by atoms with Crippen LogP contribution in [0.25, 0.3) is 0 Å². The van der Waals surface area contributed by atoms with Crippen molar-refractivity contribution < 1.29 is 33.0 Å². The summed E-state index contributed by atoms with van der Waals surface area (Å²) in [5, 5.41) is 12.4. The number of carbonyl (C=O) groups is 2. The summed E-state index contributed by atoms with van der Waals surface area (Å²) in [6.45, 7) is 6.68. The first-order valence-corrected chi connectivity index (χ1v) is 9.75. The molecule has 2 aromatic rings. The predicted octanol–water partition coefficient (Wildman–Crippen LogP) is 3.56. The highest BCUT2D eigenvalue weighted by molar-refractivity contribution is 5.97. The second kappa shape index (κ2) is 10.2. The predicted molar refractivity (Wildman–Crippen MR) is 109 cm³/mol. The smallest absolute Gasteiger partial charge is 0.328 e. The summed E-state index contributed by atoms with van der Waals surface area (Å²) in [5.74, 6) is -4.01. The monoisotopic (exact) mass is 436 g/mol. The first-order chi connectivity index (χ1) is 14.6. The number of benzene rings is 1. The van der Waals surface area contributed by atoms with Gasteiger partial charge in [0.2, 0.25) is 0 Å². The molecule has 3 atom stereocenters. The quantitative estimate of drug-likeness (QED) is 0.614. The molecule has 1 aromatic heterocycles. The van der Waals surface area contributed by atoms with E-state index in [1.807, 2.05) is 13.8 Å². The Morgan fingerprint density at radius 1 is 1.13 bits per heavy atom. The molecule has 0 saturated carbocycles. The van der Waals surface area contributed by atoms with E-state index in [1.165, 1.54) is 32.4 Å². The zero-order valence-corrected chi connectivity index (χ0v) is 18.0. The third-order valence-corrected chi connectivity index (χ3v) is 4.87. The molecule has 1 aromatic carbocycles. The number of rotatable bonds is 8. The van der Waals surface area contributed by atoms with Crippen LogP contribution in [0.4, 0.5) is 8.78 Å². The van der Waals surface area contributed by atoms with Gasteiger partial charge >= 0.3 is 5.97 Å². The number of ether oxygens (including phenoxy) is 2. The maximum absolute atomic E-state index is 14.3. The van der Waals surface area contributed by atoms with Gasteiger partial charge in [0.25, 0.3) is 5.91 Å². The lowest BCUT2D eigenvalue weighted by atomic mass is 9.84. The van der Waals surface area contributed by atoms with Crippen LogP contribution in [-0.2, 0) is 9.53 Å². The van der Waals surface area contributed by atoms with Gasteiger partial charge < -0.3 is 19.9 Å². The lowest BCUT2D eigenvalue weighted by Crippen LogP contribution is -2.42. The van der Waals surface area contributed by atoms with Crippen LogP contribution < -0.4 is 10.1 Å². The first kappa shape index (κ1) is 24.0. The van der Waals surface area contributed by atoms with Gasteiger partial charge in [-0.25, -0.2) is 18.6 Å². The van der Waals surface area contributed by atoms with E-state index in [2.05, 4.69) is 10.3 Å². The molecule has 0 aliphatic heterocycles. The molecule has 0 aliphatic rings. The minimum absolute atomic E-state index is 0.0603. The van der Waals surface area contributed by atoms with E-state index in [4.69, 9.17) is 9.47 Å². The molecule has 9 heteroatoms. The average Bonchev–Trinajstić information content (AvgIpc) is 2.69. The van der Waals surface area contributed by atoms with E-state index in [1.54, 1.807) is 6.92 Å². The molecule has 3 unspecified atom stereocenters.